The van der Waals surface area contributed by atoms with Crippen LogP contribution >= 0.6 is 0 Å². The van der Waals surface area contributed by atoms with Crippen LogP contribution in [-0.4, -0.2) is 55.5 Å². The summed E-state index contributed by atoms with van der Waals surface area (Å²) in [4.78, 5) is 2.48. The van der Waals surface area contributed by atoms with Gasteiger partial charge >= 0.3 is 0 Å². The van der Waals surface area contributed by atoms with Gasteiger partial charge in [-0.3, -0.25) is 4.90 Å². The summed E-state index contributed by atoms with van der Waals surface area (Å²) in [5, 5.41) is 0. The lowest BCUT2D eigenvalue weighted by atomic mass is 9.71. The molecule has 0 aromatic heterocycles. The van der Waals surface area contributed by atoms with Gasteiger partial charge in [0.1, 0.15) is 0 Å². The molecule has 4 fully saturated rings. The molecule has 3 saturated heterocycles. The van der Waals surface area contributed by atoms with Gasteiger partial charge in [0.05, 0.1) is 25.4 Å². The van der Waals surface area contributed by atoms with Crippen molar-refractivity contribution in [3.8, 4) is 0 Å². The lowest BCUT2D eigenvalue weighted by molar-refractivity contribution is -0.167. The van der Waals surface area contributed by atoms with Crippen LogP contribution in [0.1, 0.15) is 25.7 Å². The highest BCUT2D eigenvalue weighted by molar-refractivity contribution is 5.03. The van der Waals surface area contributed by atoms with Crippen molar-refractivity contribution in [1.82, 2.24) is 4.90 Å². The minimum absolute atomic E-state index is 0.00718. The van der Waals surface area contributed by atoms with Crippen molar-refractivity contribution in [2.24, 2.45) is 5.73 Å². The summed E-state index contributed by atoms with van der Waals surface area (Å²) in [5.41, 5.74) is 6.33. The Bertz CT molecular complexity index is 239. The van der Waals surface area contributed by atoms with Gasteiger partial charge < -0.3 is 15.2 Å². The molecule has 4 heteroatoms. The van der Waals surface area contributed by atoms with Crippen molar-refractivity contribution in [2.45, 2.75) is 36.8 Å². The van der Waals surface area contributed by atoms with Gasteiger partial charge in [-0.25, -0.2) is 0 Å². The molecule has 0 unspecified atom stereocenters. The monoisotopic (exact) mass is 226 g/mol. The van der Waals surface area contributed by atoms with E-state index in [2.05, 4.69) is 4.90 Å². The van der Waals surface area contributed by atoms with Gasteiger partial charge in [-0.2, -0.15) is 0 Å². The predicted octanol–water partition coefficient (Wildman–Crippen LogP) is 0.359. The molecule has 4 nitrogen and oxygen atoms in total. The zero-order valence-electron chi connectivity index (χ0n) is 9.91. The van der Waals surface area contributed by atoms with Gasteiger partial charge in [0.15, 0.2) is 0 Å². The Kier molecular flexibility index (Phi) is 2.70. The highest BCUT2D eigenvalue weighted by Crippen LogP contribution is 2.42. The van der Waals surface area contributed by atoms with E-state index in [-0.39, 0.29) is 11.1 Å². The average molecular weight is 226 g/mol. The zero-order valence-corrected chi connectivity index (χ0v) is 9.91. The van der Waals surface area contributed by atoms with E-state index in [1.165, 1.54) is 0 Å². The molecule has 92 valence electrons. The fraction of sp³-hybridized carbons (Fsp3) is 1.00. The fourth-order valence-electron chi connectivity index (χ4n) is 3.16. The smallest absolute Gasteiger partial charge is 0.0811 e. The van der Waals surface area contributed by atoms with Crippen LogP contribution in [0, 0.1) is 0 Å². The van der Waals surface area contributed by atoms with E-state index in [0.29, 0.717) is 0 Å². The molecule has 0 aromatic carbocycles. The number of nitrogens with zero attached hydrogens (tertiary/aromatic N) is 1. The summed E-state index contributed by atoms with van der Waals surface area (Å²) in [6, 6.07) is 0. The Balaban J connectivity index is 1.61. The van der Waals surface area contributed by atoms with E-state index in [9.17, 15) is 0 Å². The maximum atomic E-state index is 6.23. The second-order valence-corrected chi connectivity index (χ2v) is 5.72. The Morgan fingerprint density at radius 3 is 2.31 bits per heavy atom. The van der Waals surface area contributed by atoms with Crippen molar-refractivity contribution >= 4 is 0 Å². The maximum Gasteiger partial charge on any atom is 0.0811 e. The molecule has 2 N–H and O–H groups in total. The van der Waals surface area contributed by atoms with Crippen LogP contribution in [-0.2, 0) is 9.47 Å². The summed E-state index contributed by atoms with van der Waals surface area (Å²) >= 11 is 0. The number of fused-ring (bicyclic) bond motifs is 3. The summed E-state index contributed by atoms with van der Waals surface area (Å²) < 4.78 is 11.4. The van der Waals surface area contributed by atoms with Crippen LogP contribution in [0.2, 0.25) is 0 Å². The molecule has 0 amide bonds. The quantitative estimate of drug-likeness (QED) is 0.738. The lowest BCUT2D eigenvalue weighted by Crippen LogP contribution is -2.63. The van der Waals surface area contributed by atoms with E-state index >= 15 is 0 Å². The number of nitrogens with two attached hydrogens (primary N) is 1. The van der Waals surface area contributed by atoms with Crippen molar-refractivity contribution in [3.05, 3.63) is 0 Å². The SMILES string of the molecule is NC12CCC(CN3CCOCC3)(CC1)OC2. The minimum Gasteiger partial charge on any atom is -0.379 e. The molecule has 2 bridgehead atoms. The third-order valence-corrected chi connectivity index (χ3v) is 4.44. The number of hydrogen-bond donors (Lipinski definition) is 1. The molecule has 3 aliphatic heterocycles. The topological polar surface area (TPSA) is 47.7 Å². The molecule has 0 atom stereocenters. The first kappa shape index (κ1) is 11.0. The molecule has 1 aliphatic carbocycles. The minimum atomic E-state index is -0.00718. The molecule has 1 saturated carbocycles. The van der Waals surface area contributed by atoms with E-state index in [4.69, 9.17) is 15.2 Å². The molecule has 4 aliphatic rings. The van der Waals surface area contributed by atoms with Gasteiger partial charge in [0.25, 0.3) is 0 Å². The van der Waals surface area contributed by atoms with E-state index in [1.54, 1.807) is 0 Å². The Morgan fingerprint density at radius 1 is 1.06 bits per heavy atom. The van der Waals surface area contributed by atoms with Crippen LogP contribution in [0.3, 0.4) is 0 Å². The standard InChI is InChI=1S/C12H22N2O2/c13-11-1-3-12(4-2-11,16-10-11)9-14-5-7-15-8-6-14/h1-10,13H2. The molecule has 0 aromatic rings. The Hall–Kier alpha value is -0.160. The van der Waals surface area contributed by atoms with Crippen molar-refractivity contribution < 1.29 is 9.47 Å². The second kappa shape index (κ2) is 3.95. The summed E-state index contributed by atoms with van der Waals surface area (Å²) in [5.74, 6) is 0. The molecule has 4 rings (SSSR count). The summed E-state index contributed by atoms with van der Waals surface area (Å²) in [7, 11) is 0. The van der Waals surface area contributed by atoms with Crippen LogP contribution in [0.4, 0.5) is 0 Å². The normalized spacial score (nSPS) is 44.8. The average Bonchev–Trinajstić information content (AvgIpc) is 2.33. The van der Waals surface area contributed by atoms with E-state index < -0.39 is 0 Å². The first-order valence-corrected chi connectivity index (χ1v) is 6.43. The van der Waals surface area contributed by atoms with E-state index in [1.807, 2.05) is 0 Å². The largest absolute Gasteiger partial charge is 0.379 e. The number of hydrogen-bond acceptors (Lipinski definition) is 4. The number of rotatable bonds is 2. The van der Waals surface area contributed by atoms with Crippen molar-refractivity contribution in [1.29, 1.82) is 0 Å². The molecule has 16 heavy (non-hydrogen) atoms. The van der Waals surface area contributed by atoms with Crippen LogP contribution < -0.4 is 5.73 Å². The van der Waals surface area contributed by atoms with Gasteiger partial charge in [0.2, 0.25) is 0 Å². The molecular formula is C12H22N2O2. The Morgan fingerprint density at radius 2 is 1.75 bits per heavy atom. The Labute approximate surface area is 97.1 Å². The zero-order chi connectivity index (χ0) is 11.1. The van der Waals surface area contributed by atoms with Gasteiger partial charge in [0, 0.05) is 25.2 Å². The number of morpholine rings is 1. The number of ether oxygens (including phenoxy) is 2. The summed E-state index contributed by atoms with van der Waals surface area (Å²) in [6.07, 6.45) is 4.55. The molecular weight excluding hydrogens is 204 g/mol. The van der Waals surface area contributed by atoms with Crippen LogP contribution in [0.5, 0.6) is 0 Å². The molecule has 0 radical (unpaired) electrons. The maximum absolute atomic E-state index is 6.23. The fourth-order valence-corrected chi connectivity index (χ4v) is 3.16. The second-order valence-electron chi connectivity index (χ2n) is 5.72. The van der Waals surface area contributed by atoms with Gasteiger partial charge in [-0.05, 0) is 25.7 Å². The third-order valence-electron chi connectivity index (χ3n) is 4.44. The molecule has 3 heterocycles. The van der Waals surface area contributed by atoms with Crippen molar-refractivity contribution in [2.75, 3.05) is 39.5 Å². The van der Waals surface area contributed by atoms with Gasteiger partial charge in [-0.15, -0.1) is 0 Å². The van der Waals surface area contributed by atoms with Crippen LogP contribution in [0.15, 0.2) is 0 Å². The third kappa shape index (κ3) is 1.99. The van der Waals surface area contributed by atoms with Crippen LogP contribution in [0.25, 0.3) is 0 Å². The first-order chi connectivity index (χ1) is 7.70. The van der Waals surface area contributed by atoms with Gasteiger partial charge in [-0.1, -0.05) is 0 Å². The van der Waals surface area contributed by atoms with Crippen molar-refractivity contribution in [3.63, 3.8) is 0 Å². The first-order valence-electron chi connectivity index (χ1n) is 6.43. The predicted molar refractivity (Wildman–Crippen MR) is 61.3 cm³/mol. The highest BCUT2D eigenvalue weighted by Gasteiger charge is 2.48. The highest BCUT2D eigenvalue weighted by atomic mass is 16.5. The lowest BCUT2D eigenvalue weighted by Gasteiger charge is -2.53. The molecule has 0 spiro atoms. The summed E-state index contributed by atoms with van der Waals surface area (Å²) in [6.45, 7) is 5.69. The van der Waals surface area contributed by atoms with E-state index in [0.717, 1.165) is 65.1 Å².